The van der Waals surface area contributed by atoms with Crippen LogP contribution in [0.15, 0.2) is 0 Å². The monoisotopic (exact) mass is 199 g/mol. The summed E-state index contributed by atoms with van der Waals surface area (Å²) in [4.78, 5) is 11.4. The molecule has 1 aliphatic rings. The first-order valence-corrected chi connectivity index (χ1v) is 5.44. The molecule has 0 aliphatic heterocycles. The van der Waals surface area contributed by atoms with Gasteiger partial charge in [0.15, 0.2) is 0 Å². The second-order valence-corrected chi connectivity index (χ2v) is 4.31. The molecule has 14 heavy (non-hydrogen) atoms. The third-order valence-corrected chi connectivity index (χ3v) is 3.30. The van der Waals surface area contributed by atoms with Crippen molar-refractivity contribution in [3.8, 4) is 0 Å². The molecule has 1 saturated carbocycles. The number of rotatable bonds is 3. The number of carbonyl (C=O) groups is 1. The normalized spacial score (nSPS) is 29.6. The zero-order valence-electron chi connectivity index (χ0n) is 9.38. The number of hydrogen-bond donors (Lipinski definition) is 1. The summed E-state index contributed by atoms with van der Waals surface area (Å²) < 4.78 is 4.78. The lowest BCUT2D eigenvalue weighted by Gasteiger charge is -2.30. The highest BCUT2D eigenvalue weighted by molar-refractivity contribution is 5.76. The van der Waals surface area contributed by atoms with Gasteiger partial charge in [-0.2, -0.15) is 0 Å². The van der Waals surface area contributed by atoms with Gasteiger partial charge in [0, 0.05) is 0 Å². The first-order valence-electron chi connectivity index (χ1n) is 5.44. The minimum absolute atomic E-state index is 0.104. The summed E-state index contributed by atoms with van der Waals surface area (Å²) in [5.41, 5.74) is 0. The van der Waals surface area contributed by atoms with Gasteiger partial charge < -0.3 is 10.1 Å². The fourth-order valence-electron chi connectivity index (χ4n) is 2.29. The van der Waals surface area contributed by atoms with E-state index in [1.165, 1.54) is 20.0 Å². The van der Waals surface area contributed by atoms with Crippen molar-refractivity contribution in [2.45, 2.75) is 38.6 Å². The standard InChI is InChI=1S/C11H21NO2/c1-8-4-6-9(7-5-8)10(12-2)11(13)14-3/h8-10,12H,4-7H2,1-3H3. The van der Waals surface area contributed by atoms with E-state index in [0.29, 0.717) is 5.92 Å². The van der Waals surface area contributed by atoms with Crippen LogP contribution in [0.1, 0.15) is 32.6 Å². The molecule has 1 rings (SSSR count). The van der Waals surface area contributed by atoms with E-state index in [1.807, 2.05) is 7.05 Å². The van der Waals surface area contributed by atoms with Crippen LogP contribution in [-0.4, -0.2) is 26.2 Å². The Morgan fingerprint density at radius 3 is 2.36 bits per heavy atom. The van der Waals surface area contributed by atoms with Gasteiger partial charge in [-0.05, 0) is 31.7 Å². The largest absolute Gasteiger partial charge is 0.468 e. The van der Waals surface area contributed by atoms with Crippen LogP contribution in [0.3, 0.4) is 0 Å². The van der Waals surface area contributed by atoms with Crippen LogP contribution in [0.2, 0.25) is 0 Å². The maximum Gasteiger partial charge on any atom is 0.323 e. The second kappa shape index (κ2) is 5.35. The predicted octanol–water partition coefficient (Wildman–Crippen LogP) is 1.57. The summed E-state index contributed by atoms with van der Waals surface area (Å²) >= 11 is 0. The van der Waals surface area contributed by atoms with Gasteiger partial charge in [0.05, 0.1) is 7.11 Å². The van der Waals surface area contributed by atoms with E-state index in [-0.39, 0.29) is 12.0 Å². The molecule has 1 unspecified atom stereocenters. The summed E-state index contributed by atoms with van der Waals surface area (Å²) in [7, 11) is 3.29. The molecule has 1 atom stereocenters. The van der Waals surface area contributed by atoms with Crippen molar-refractivity contribution in [1.29, 1.82) is 0 Å². The van der Waals surface area contributed by atoms with Crippen LogP contribution in [0, 0.1) is 11.8 Å². The molecule has 0 saturated heterocycles. The summed E-state index contributed by atoms with van der Waals surface area (Å²) in [6, 6.07) is -0.104. The highest BCUT2D eigenvalue weighted by atomic mass is 16.5. The Balaban J connectivity index is 2.48. The van der Waals surface area contributed by atoms with Crippen LogP contribution >= 0.6 is 0 Å². The van der Waals surface area contributed by atoms with Gasteiger partial charge in [-0.15, -0.1) is 0 Å². The van der Waals surface area contributed by atoms with E-state index < -0.39 is 0 Å². The molecule has 1 fully saturated rings. The molecule has 0 aromatic rings. The topological polar surface area (TPSA) is 38.3 Å². The average molecular weight is 199 g/mol. The van der Waals surface area contributed by atoms with Gasteiger partial charge in [-0.3, -0.25) is 4.79 Å². The van der Waals surface area contributed by atoms with Crippen molar-refractivity contribution in [1.82, 2.24) is 5.32 Å². The molecule has 0 bridgehead atoms. The molecule has 3 heteroatoms. The molecule has 0 spiro atoms. The minimum Gasteiger partial charge on any atom is -0.468 e. The smallest absolute Gasteiger partial charge is 0.323 e. The van der Waals surface area contributed by atoms with Crippen LogP contribution in [-0.2, 0) is 9.53 Å². The van der Waals surface area contributed by atoms with Crippen LogP contribution in [0.4, 0.5) is 0 Å². The molecule has 82 valence electrons. The number of ether oxygens (including phenoxy) is 1. The molecule has 0 heterocycles. The Labute approximate surface area is 86.2 Å². The zero-order chi connectivity index (χ0) is 10.6. The Bertz CT molecular complexity index is 186. The lowest BCUT2D eigenvalue weighted by Crippen LogP contribution is -2.42. The van der Waals surface area contributed by atoms with E-state index in [1.54, 1.807) is 0 Å². The van der Waals surface area contributed by atoms with E-state index in [0.717, 1.165) is 18.8 Å². The van der Waals surface area contributed by atoms with Crippen LogP contribution in [0.5, 0.6) is 0 Å². The fraction of sp³-hybridized carbons (Fsp3) is 0.909. The molecule has 0 aromatic heterocycles. The van der Waals surface area contributed by atoms with Crippen molar-refractivity contribution in [2.24, 2.45) is 11.8 Å². The SMILES string of the molecule is CNC(C(=O)OC)C1CCC(C)CC1. The molecular formula is C11H21NO2. The Hall–Kier alpha value is -0.570. The van der Waals surface area contributed by atoms with Crippen molar-refractivity contribution in [3.63, 3.8) is 0 Å². The van der Waals surface area contributed by atoms with Gasteiger partial charge in [0.1, 0.15) is 6.04 Å². The fourth-order valence-corrected chi connectivity index (χ4v) is 2.29. The van der Waals surface area contributed by atoms with Crippen molar-refractivity contribution in [3.05, 3.63) is 0 Å². The predicted molar refractivity (Wildman–Crippen MR) is 56.0 cm³/mol. The average Bonchev–Trinajstić information content (AvgIpc) is 2.21. The van der Waals surface area contributed by atoms with E-state index in [9.17, 15) is 4.79 Å². The Morgan fingerprint density at radius 2 is 1.93 bits per heavy atom. The lowest BCUT2D eigenvalue weighted by atomic mass is 9.79. The first kappa shape index (κ1) is 11.5. The summed E-state index contributed by atoms with van der Waals surface area (Å²) in [5, 5.41) is 3.06. The van der Waals surface area contributed by atoms with Gasteiger partial charge >= 0.3 is 5.97 Å². The molecule has 1 aliphatic carbocycles. The third kappa shape index (κ3) is 2.71. The second-order valence-electron chi connectivity index (χ2n) is 4.31. The van der Waals surface area contributed by atoms with Gasteiger partial charge in [-0.1, -0.05) is 19.8 Å². The zero-order valence-corrected chi connectivity index (χ0v) is 9.38. The number of likely N-dealkylation sites (N-methyl/N-ethyl adjacent to an activating group) is 1. The maximum absolute atomic E-state index is 11.4. The summed E-state index contributed by atoms with van der Waals surface area (Å²) in [5.74, 6) is 1.16. The highest BCUT2D eigenvalue weighted by Crippen LogP contribution is 2.30. The summed E-state index contributed by atoms with van der Waals surface area (Å²) in [6.07, 6.45) is 4.75. The lowest BCUT2D eigenvalue weighted by molar-refractivity contribution is -0.144. The number of nitrogens with one attached hydrogen (secondary N) is 1. The minimum atomic E-state index is -0.118. The van der Waals surface area contributed by atoms with Crippen LogP contribution < -0.4 is 5.32 Å². The Morgan fingerprint density at radius 1 is 1.36 bits per heavy atom. The number of hydrogen-bond acceptors (Lipinski definition) is 3. The maximum atomic E-state index is 11.4. The third-order valence-electron chi connectivity index (χ3n) is 3.30. The van der Waals surface area contributed by atoms with Crippen molar-refractivity contribution < 1.29 is 9.53 Å². The Kier molecular flexibility index (Phi) is 4.39. The molecule has 3 nitrogen and oxygen atoms in total. The quantitative estimate of drug-likeness (QED) is 0.701. The molecule has 0 amide bonds. The molecule has 0 radical (unpaired) electrons. The van der Waals surface area contributed by atoms with Gasteiger partial charge in [0.2, 0.25) is 0 Å². The molecular weight excluding hydrogens is 178 g/mol. The highest BCUT2D eigenvalue weighted by Gasteiger charge is 2.30. The molecule has 1 N–H and O–H groups in total. The van der Waals surface area contributed by atoms with Crippen molar-refractivity contribution >= 4 is 5.97 Å². The van der Waals surface area contributed by atoms with Crippen LogP contribution in [0.25, 0.3) is 0 Å². The van der Waals surface area contributed by atoms with E-state index in [2.05, 4.69) is 12.2 Å². The van der Waals surface area contributed by atoms with Gasteiger partial charge in [0.25, 0.3) is 0 Å². The van der Waals surface area contributed by atoms with Crippen molar-refractivity contribution in [2.75, 3.05) is 14.2 Å². The first-order chi connectivity index (χ1) is 6.69. The number of esters is 1. The van der Waals surface area contributed by atoms with Gasteiger partial charge in [-0.25, -0.2) is 0 Å². The number of methoxy groups -OCH3 is 1. The number of carbonyl (C=O) groups excluding carboxylic acids is 1. The van der Waals surface area contributed by atoms with E-state index >= 15 is 0 Å². The molecule has 0 aromatic carbocycles. The summed E-state index contributed by atoms with van der Waals surface area (Å²) in [6.45, 7) is 2.28. The van der Waals surface area contributed by atoms with E-state index in [4.69, 9.17) is 4.74 Å².